The number of hydrogen-bond donors (Lipinski definition) is 2. The Balaban J connectivity index is 2.00. The molecular formula is C18H18O5. The molecule has 0 saturated heterocycles. The third kappa shape index (κ3) is 1.75. The molecule has 0 saturated carbocycles. The van der Waals surface area contributed by atoms with Crippen molar-refractivity contribution in [1.29, 1.82) is 0 Å². The number of aliphatic hydroxyl groups is 2. The van der Waals surface area contributed by atoms with Gasteiger partial charge < -0.3 is 14.9 Å². The minimum Gasteiger partial charge on any atom is -0.492 e. The first-order valence-corrected chi connectivity index (χ1v) is 7.87. The summed E-state index contributed by atoms with van der Waals surface area (Å²) in [4.78, 5) is 25.2. The highest BCUT2D eigenvalue weighted by Crippen LogP contribution is 2.44. The van der Waals surface area contributed by atoms with Gasteiger partial charge in [-0.3, -0.25) is 9.59 Å². The van der Waals surface area contributed by atoms with Crippen LogP contribution in [0.4, 0.5) is 0 Å². The van der Waals surface area contributed by atoms with Crippen LogP contribution in [0.2, 0.25) is 0 Å². The molecule has 3 aliphatic rings. The maximum atomic E-state index is 12.7. The molecule has 5 nitrogen and oxygen atoms in total. The first-order chi connectivity index (χ1) is 10.8. The van der Waals surface area contributed by atoms with Gasteiger partial charge in [0, 0.05) is 17.0 Å². The first kappa shape index (κ1) is 14.6. The summed E-state index contributed by atoms with van der Waals surface area (Å²) in [6, 6.07) is 3.45. The van der Waals surface area contributed by atoms with E-state index in [0.29, 0.717) is 53.0 Å². The first-order valence-electron chi connectivity index (χ1n) is 7.87. The number of aliphatic hydroxyl groups excluding tert-OH is 1. The Bertz CT molecular complexity index is 787. The number of carbonyl (C=O) groups excluding carboxylic acids is 2. The number of benzene rings is 1. The van der Waals surface area contributed by atoms with E-state index >= 15 is 0 Å². The largest absolute Gasteiger partial charge is 0.492 e. The third-order valence-corrected chi connectivity index (χ3v) is 5.31. The summed E-state index contributed by atoms with van der Waals surface area (Å²) in [6.45, 7) is 3.81. The van der Waals surface area contributed by atoms with Crippen molar-refractivity contribution < 1.29 is 24.5 Å². The van der Waals surface area contributed by atoms with Crippen molar-refractivity contribution in [3.8, 4) is 0 Å². The van der Waals surface area contributed by atoms with Crippen LogP contribution in [-0.4, -0.2) is 34.5 Å². The number of fused-ring (bicyclic) bond motifs is 4. The average molecular weight is 314 g/mol. The van der Waals surface area contributed by atoms with Crippen molar-refractivity contribution in [3.63, 3.8) is 0 Å². The van der Waals surface area contributed by atoms with Crippen LogP contribution in [0, 0.1) is 5.92 Å². The SMILES string of the molecule is C[C@@H]1COC2=C1C(=O)C(=O)c1c2ccc2c1CC[C@H](O)[C@]2(C)O. The summed E-state index contributed by atoms with van der Waals surface area (Å²) >= 11 is 0. The number of Topliss-reactive ketones (excluding diaryl/α,β-unsaturated/α-hetero) is 2. The molecular weight excluding hydrogens is 296 g/mol. The third-order valence-electron chi connectivity index (χ3n) is 5.31. The van der Waals surface area contributed by atoms with E-state index < -0.39 is 23.3 Å². The Morgan fingerprint density at radius 3 is 2.74 bits per heavy atom. The zero-order chi connectivity index (χ0) is 16.5. The minimum atomic E-state index is -1.43. The molecule has 1 aromatic rings. The van der Waals surface area contributed by atoms with E-state index in [1.807, 2.05) is 6.92 Å². The van der Waals surface area contributed by atoms with Gasteiger partial charge in [0.25, 0.3) is 0 Å². The van der Waals surface area contributed by atoms with Gasteiger partial charge in [-0.05, 0) is 30.9 Å². The van der Waals surface area contributed by atoms with Crippen LogP contribution < -0.4 is 0 Å². The number of carbonyl (C=O) groups is 2. The second-order valence-electron chi connectivity index (χ2n) is 6.83. The van der Waals surface area contributed by atoms with Crippen molar-refractivity contribution in [3.05, 3.63) is 40.0 Å². The molecule has 1 aromatic carbocycles. The smallest absolute Gasteiger partial charge is 0.234 e. The summed E-state index contributed by atoms with van der Waals surface area (Å²) in [5, 5.41) is 20.6. The molecule has 0 spiro atoms. The van der Waals surface area contributed by atoms with Gasteiger partial charge in [-0.1, -0.05) is 19.1 Å². The number of rotatable bonds is 0. The molecule has 1 aliphatic heterocycles. The van der Waals surface area contributed by atoms with Crippen molar-refractivity contribution in [2.24, 2.45) is 5.92 Å². The van der Waals surface area contributed by atoms with Crippen LogP contribution in [0.1, 0.15) is 47.3 Å². The van der Waals surface area contributed by atoms with E-state index in [2.05, 4.69) is 0 Å². The van der Waals surface area contributed by atoms with Crippen LogP contribution >= 0.6 is 0 Å². The zero-order valence-corrected chi connectivity index (χ0v) is 13.0. The van der Waals surface area contributed by atoms with Crippen molar-refractivity contribution in [1.82, 2.24) is 0 Å². The van der Waals surface area contributed by atoms with E-state index in [1.165, 1.54) is 6.92 Å². The maximum absolute atomic E-state index is 12.7. The highest BCUT2D eigenvalue weighted by atomic mass is 16.5. The van der Waals surface area contributed by atoms with Crippen LogP contribution in [0.25, 0.3) is 5.76 Å². The molecule has 5 heteroatoms. The molecule has 0 bridgehead atoms. The van der Waals surface area contributed by atoms with Gasteiger partial charge in [0.2, 0.25) is 11.6 Å². The van der Waals surface area contributed by atoms with E-state index in [9.17, 15) is 19.8 Å². The molecule has 1 heterocycles. The Morgan fingerprint density at radius 1 is 1.26 bits per heavy atom. The topological polar surface area (TPSA) is 83.8 Å². The number of hydrogen-bond acceptors (Lipinski definition) is 5. The lowest BCUT2D eigenvalue weighted by Crippen LogP contribution is -2.42. The summed E-state index contributed by atoms with van der Waals surface area (Å²) in [5.74, 6) is -0.613. The summed E-state index contributed by atoms with van der Waals surface area (Å²) in [7, 11) is 0. The number of ketones is 2. The van der Waals surface area contributed by atoms with Crippen LogP contribution in [0.3, 0.4) is 0 Å². The molecule has 0 fully saturated rings. The molecule has 120 valence electrons. The van der Waals surface area contributed by atoms with Crippen molar-refractivity contribution in [2.75, 3.05) is 6.61 Å². The second-order valence-corrected chi connectivity index (χ2v) is 6.83. The summed E-state index contributed by atoms with van der Waals surface area (Å²) in [5.41, 5.74) is 1.19. The standard InChI is InChI=1S/C18H18O5/c1-8-7-23-17-10-3-5-11-9(4-6-12(19)18(11,2)22)14(10)16(21)15(20)13(8)17/h3,5,8,12,19,22H,4,6-7H2,1-2H3/t8-,12+,18-/m1/s1. The molecule has 3 atom stereocenters. The van der Waals surface area contributed by atoms with Gasteiger partial charge in [-0.25, -0.2) is 0 Å². The predicted molar refractivity (Wildman–Crippen MR) is 81.7 cm³/mol. The Morgan fingerprint density at radius 2 is 2.00 bits per heavy atom. The molecule has 23 heavy (non-hydrogen) atoms. The highest BCUT2D eigenvalue weighted by molar-refractivity contribution is 6.52. The van der Waals surface area contributed by atoms with E-state index in [-0.39, 0.29) is 5.92 Å². The van der Waals surface area contributed by atoms with Gasteiger partial charge in [-0.15, -0.1) is 0 Å². The Hall–Kier alpha value is -1.98. The molecule has 0 amide bonds. The van der Waals surface area contributed by atoms with E-state index in [0.717, 1.165) is 0 Å². The number of ether oxygens (including phenoxy) is 1. The fourth-order valence-electron chi connectivity index (χ4n) is 3.95. The highest BCUT2D eigenvalue weighted by Gasteiger charge is 2.45. The van der Waals surface area contributed by atoms with E-state index in [1.54, 1.807) is 12.1 Å². The lowest BCUT2D eigenvalue weighted by molar-refractivity contribution is -0.112. The normalized spacial score (nSPS) is 32.3. The quantitative estimate of drug-likeness (QED) is 0.706. The molecule has 0 radical (unpaired) electrons. The summed E-state index contributed by atoms with van der Waals surface area (Å²) < 4.78 is 5.67. The molecule has 0 unspecified atom stereocenters. The van der Waals surface area contributed by atoms with Gasteiger partial charge in [-0.2, -0.15) is 0 Å². The second kappa shape index (κ2) is 4.52. The monoisotopic (exact) mass is 314 g/mol. The van der Waals surface area contributed by atoms with Crippen molar-refractivity contribution in [2.45, 2.75) is 38.4 Å². The Kier molecular flexibility index (Phi) is 2.87. The average Bonchev–Trinajstić information content (AvgIpc) is 2.90. The van der Waals surface area contributed by atoms with Gasteiger partial charge in [0.1, 0.15) is 11.4 Å². The molecule has 2 aliphatic carbocycles. The van der Waals surface area contributed by atoms with Crippen LogP contribution in [0.5, 0.6) is 0 Å². The summed E-state index contributed by atoms with van der Waals surface area (Å²) in [6.07, 6.45) is -0.0892. The van der Waals surface area contributed by atoms with Crippen LogP contribution in [-0.2, 0) is 21.6 Å². The van der Waals surface area contributed by atoms with E-state index in [4.69, 9.17) is 4.74 Å². The Labute approximate surface area is 133 Å². The lowest BCUT2D eigenvalue weighted by Gasteiger charge is -2.37. The lowest BCUT2D eigenvalue weighted by atomic mass is 9.72. The van der Waals surface area contributed by atoms with Crippen LogP contribution in [0.15, 0.2) is 17.7 Å². The van der Waals surface area contributed by atoms with Gasteiger partial charge in [0.15, 0.2) is 0 Å². The molecule has 0 aromatic heterocycles. The van der Waals surface area contributed by atoms with Crippen molar-refractivity contribution >= 4 is 17.3 Å². The van der Waals surface area contributed by atoms with Gasteiger partial charge >= 0.3 is 0 Å². The van der Waals surface area contributed by atoms with Gasteiger partial charge in [0.05, 0.1) is 18.3 Å². The predicted octanol–water partition coefficient (Wildman–Crippen LogP) is 1.34. The fraction of sp³-hybridized carbons (Fsp3) is 0.444. The minimum absolute atomic E-state index is 0.0874. The zero-order valence-electron chi connectivity index (χ0n) is 13.0. The maximum Gasteiger partial charge on any atom is 0.234 e. The molecule has 2 N–H and O–H groups in total. The molecule has 4 rings (SSSR count). The fourth-order valence-corrected chi connectivity index (χ4v) is 3.95.